The molecule has 2 amide bonds. The van der Waals surface area contributed by atoms with Crippen LogP contribution in [0, 0.1) is 11.8 Å². The Labute approximate surface area is 178 Å². The fourth-order valence-electron chi connectivity index (χ4n) is 4.84. The standard InChI is InChI=1S/C24H31N3O3/c1-17-11-18(2)15-27(14-17)23(29)16-25-7-9-26(10-8-25)24(30)21-12-19-5-3-4-6-20(19)13-22(21)28/h3-6,12-13,17-18,28H,7-11,14-16H2,1-2H3. The number of hydrogen-bond donors (Lipinski definition) is 1. The van der Waals surface area contributed by atoms with Crippen LogP contribution in [-0.2, 0) is 4.79 Å². The van der Waals surface area contributed by atoms with E-state index in [4.69, 9.17) is 0 Å². The highest BCUT2D eigenvalue weighted by atomic mass is 16.3. The normalized spacial score (nSPS) is 23.0. The molecule has 6 heteroatoms. The first-order chi connectivity index (χ1) is 14.4. The zero-order valence-electron chi connectivity index (χ0n) is 17.9. The smallest absolute Gasteiger partial charge is 0.257 e. The van der Waals surface area contributed by atoms with E-state index in [1.807, 2.05) is 29.2 Å². The number of carbonyl (C=O) groups is 2. The largest absolute Gasteiger partial charge is 0.507 e. The van der Waals surface area contributed by atoms with Crippen molar-refractivity contribution >= 4 is 22.6 Å². The number of rotatable bonds is 3. The number of benzene rings is 2. The predicted octanol–water partition coefficient (Wildman–Crippen LogP) is 2.81. The summed E-state index contributed by atoms with van der Waals surface area (Å²) in [5.41, 5.74) is 0.342. The lowest BCUT2D eigenvalue weighted by Crippen LogP contribution is -2.53. The monoisotopic (exact) mass is 409 g/mol. The molecule has 2 unspecified atom stereocenters. The number of fused-ring (bicyclic) bond motifs is 1. The highest BCUT2D eigenvalue weighted by Crippen LogP contribution is 2.26. The highest BCUT2D eigenvalue weighted by Gasteiger charge is 2.29. The zero-order chi connectivity index (χ0) is 21.3. The number of aromatic hydroxyl groups is 1. The topological polar surface area (TPSA) is 64.1 Å². The molecule has 2 aliphatic heterocycles. The second kappa shape index (κ2) is 8.64. The molecule has 2 aliphatic rings. The van der Waals surface area contributed by atoms with E-state index in [0.717, 1.165) is 23.9 Å². The molecule has 0 aromatic heterocycles. The molecule has 0 aliphatic carbocycles. The number of nitrogens with zero attached hydrogens (tertiary/aromatic N) is 3. The molecule has 4 rings (SSSR count). The van der Waals surface area contributed by atoms with Crippen LogP contribution in [-0.4, -0.2) is 77.4 Å². The number of phenolic OH excluding ortho intramolecular Hbond substituents is 1. The van der Waals surface area contributed by atoms with Gasteiger partial charge in [0.25, 0.3) is 5.91 Å². The fourth-order valence-corrected chi connectivity index (χ4v) is 4.84. The van der Waals surface area contributed by atoms with E-state index in [9.17, 15) is 14.7 Å². The Balaban J connectivity index is 1.35. The van der Waals surface area contributed by atoms with Gasteiger partial charge in [0.05, 0.1) is 12.1 Å². The van der Waals surface area contributed by atoms with Crippen LogP contribution >= 0.6 is 0 Å². The van der Waals surface area contributed by atoms with Gasteiger partial charge in [-0.1, -0.05) is 38.1 Å². The first kappa shape index (κ1) is 20.7. The van der Waals surface area contributed by atoms with E-state index < -0.39 is 0 Å². The molecule has 1 N–H and O–H groups in total. The molecular formula is C24H31N3O3. The molecule has 2 saturated heterocycles. The lowest BCUT2D eigenvalue weighted by Gasteiger charge is -2.38. The summed E-state index contributed by atoms with van der Waals surface area (Å²) < 4.78 is 0. The number of hydrogen-bond acceptors (Lipinski definition) is 4. The van der Waals surface area contributed by atoms with Crippen molar-refractivity contribution in [2.75, 3.05) is 45.8 Å². The number of amides is 2. The summed E-state index contributed by atoms with van der Waals surface area (Å²) in [4.78, 5) is 31.6. The van der Waals surface area contributed by atoms with E-state index >= 15 is 0 Å². The van der Waals surface area contributed by atoms with Crippen LogP contribution < -0.4 is 0 Å². The summed E-state index contributed by atoms with van der Waals surface area (Å²) in [6, 6.07) is 11.1. The third kappa shape index (κ3) is 4.43. The molecule has 2 aromatic carbocycles. The zero-order valence-corrected chi connectivity index (χ0v) is 17.9. The number of piperazine rings is 1. The van der Waals surface area contributed by atoms with Crippen LogP contribution in [0.5, 0.6) is 5.75 Å². The van der Waals surface area contributed by atoms with Gasteiger partial charge in [-0.15, -0.1) is 0 Å². The fraction of sp³-hybridized carbons (Fsp3) is 0.500. The molecule has 2 fully saturated rings. The van der Waals surface area contributed by atoms with Crippen molar-refractivity contribution in [3.8, 4) is 5.75 Å². The molecule has 0 bridgehead atoms. The van der Waals surface area contributed by atoms with Gasteiger partial charge in [-0.2, -0.15) is 0 Å². The van der Waals surface area contributed by atoms with E-state index in [2.05, 4.69) is 18.7 Å². The summed E-state index contributed by atoms with van der Waals surface area (Å²) in [6.45, 7) is 9.01. The maximum atomic E-state index is 13.0. The van der Waals surface area contributed by atoms with Crippen molar-refractivity contribution in [3.05, 3.63) is 42.0 Å². The maximum absolute atomic E-state index is 13.0. The molecule has 0 spiro atoms. The van der Waals surface area contributed by atoms with Gasteiger partial charge in [0, 0.05) is 39.3 Å². The third-order valence-corrected chi connectivity index (χ3v) is 6.33. The Morgan fingerprint density at radius 2 is 1.53 bits per heavy atom. The highest BCUT2D eigenvalue weighted by molar-refractivity contribution is 6.01. The van der Waals surface area contributed by atoms with Gasteiger partial charge in [-0.3, -0.25) is 14.5 Å². The maximum Gasteiger partial charge on any atom is 0.257 e. The van der Waals surface area contributed by atoms with Crippen molar-refractivity contribution < 1.29 is 14.7 Å². The van der Waals surface area contributed by atoms with Crippen molar-refractivity contribution in [3.63, 3.8) is 0 Å². The lowest BCUT2D eigenvalue weighted by molar-refractivity contribution is -0.135. The first-order valence-electron chi connectivity index (χ1n) is 10.9. The molecule has 2 heterocycles. The van der Waals surface area contributed by atoms with Gasteiger partial charge in [0.15, 0.2) is 0 Å². The number of carbonyl (C=O) groups excluding carboxylic acids is 2. The molecule has 2 aromatic rings. The van der Waals surface area contributed by atoms with Crippen LogP contribution in [0.3, 0.4) is 0 Å². The molecule has 160 valence electrons. The SMILES string of the molecule is CC1CC(C)CN(C(=O)CN2CCN(C(=O)c3cc4ccccc4cc3O)CC2)C1. The summed E-state index contributed by atoms with van der Waals surface area (Å²) >= 11 is 0. The van der Waals surface area contributed by atoms with Crippen LogP contribution in [0.25, 0.3) is 10.8 Å². The molecule has 30 heavy (non-hydrogen) atoms. The Morgan fingerprint density at radius 1 is 0.933 bits per heavy atom. The average Bonchev–Trinajstić information content (AvgIpc) is 2.72. The Kier molecular flexibility index (Phi) is 5.95. The third-order valence-electron chi connectivity index (χ3n) is 6.33. The average molecular weight is 410 g/mol. The minimum atomic E-state index is -0.150. The van der Waals surface area contributed by atoms with Gasteiger partial charge in [0.2, 0.25) is 5.91 Å². The van der Waals surface area contributed by atoms with Crippen molar-refractivity contribution in [1.29, 1.82) is 0 Å². The number of piperidine rings is 1. The number of phenols is 1. The summed E-state index contributed by atoms with van der Waals surface area (Å²) in [5.74, 6) is 1.18. The predicted molar refractivity (Wildman–Crippen MR) is 117 cm³/mol. The molecule has 6 nitrogen and oxygen atoms in total. The van der Waals surface area contributed by atoms with E-state index in [1.54, 1.807) is 17.0 Å². The number of likely N-dealkylation sites (tertiary alicyclic amines) is 1. The van der Waals surface area contributed by atoms with Gasteiger partial charge in [0.1, 0.15) is 5.75 Å². The van der Waals surface area contributed by atoms with E-state index in [0.29, 0.717) is 50.1 Å². The van der Waals surface area contributed by atoms with Crippen molar-refractivity contribution in [1.82, 2.24) is 14.7 Å². The van der Waals surface area contributed by atoms with Gasteiger partial charge < -0.3 is 14.9 Å². The Bertz CT molecular complexity index is 926. The molecule has 2 atom stereocenters. The van der Waals surface area contributed by atoms with Crippen molar-refractivity contribution in [2.24, 2.45) is 11.8 Å². The van der Waals surface area contributed by atoms with Gasteiger partial charge in [-0.05, 0) is 41.2 Å². The Morgan fingerprint density at radius 3 is 2.17 bits per heavy atom. The quantitative estimate of drug-likeness (QED) is 0.847. The Hall–Kier alpha value is -2.60. The summed E-state index contributed by atoms with van der Waals surface area (Å²) in [7, 11) is 0. The second-order valence-corrected chi connectivity index (χ2v) is 9.03. The molecule has 0 saturated carbocycles. The van der Waals surface area contributed by atoms with Crippen LogP contribution in [0.2, 0.25) is 0 Å². The first-order valence-corrected chi connectivity index (χ1v) is 10.9. The second-order valence-electron chi connectivity index (χ2n) is 9.03. The van der Waals surface area contributed by atoms with Crippen LogP contribution in [0.1, 0.15) is 30.6 Å². The summed E-state index contributed by atoms with van der Waals surface area (Å²) in [5, 5.41) is 12.2. The minimum Gasteiger partial charge on any atom is -0.507 e. The molecular weight excluding hydrogens is 378 g/mol. The molecule has 0 radical (unpaired) electrons. The minimum absolute atomic E-state index is 0.0182. The van der Waals surface area contributed by atoms with Gasteiger partial charge >= 0.3 is 0 Å². The summed E-state index contributed by atoms with van der Waals surface area (Å²) in [6.07, 6.45) is 1.19. The lowest BCUT2D eigenvalue weighted by atomic mass is 9.92. The van der Waals surface area contributed by atoms with E-state index in [1.165, 1.54) is 6.42 Å². The van der Waals surface area contributed by atoms with Crippen LogP contribution in [0.4, 0.5) is 0 Å². The van der Waals surface area contributed by atoms with Crippen molar-refractivity contribution in [2.45, 2.75) is 20.3 Å². The van der Waals surface area contributed by atoms with Crippen LogP contribution in [0.15, 0.2) is 36.4 Å². The van der Waals surface area contributed by atoms with Gasteiger partial charge in [-0.25, -0.2) is 0 Å². The van der Waals surface area contributed by atoms with E-state index in [-0.39, 0.29) is 17.6 Å².